The van der Waals surface area contributed by atoms with Crippen molar-refractivity contribution in [1.82, 2.24) is 9.88 Å². The number of carbonyl (C=O) groups excluding carboxylic acids is 1. The number of aryl methyl sites for hydroxylation is 1. The van der Waals surface area contributed by atoms with Crippen molar-refractivity contribution in [3.8, 4) is 11.5 Å². The van der Waals surface area contributed by atoms with E-state index in [1.165, 1.54) is 11.3 Å². The van der Waals surface area contributed by atoms with E-state index in [1.54, 1.807) is 4.90 Å². The van der Waals surface area contributed by atoms with E-state index in [0.717, 1.165) is 35.4 Å². The molecule has 31 heavy (non-hydrogen) atoms. The van der Waals surface area contributed by atoms with Crippen molar-refractivity contribution in [2.75, 3.05) is 37.7 Å². The van der Waals surface area contributed by atoms with Crippen molar-refractivity contribution in [2.45, 2.75) is 26.9 Å². The molecule has 0 radical (unpaired) electrons. The van der Waals surface area contributed by atoms with Crippen LogP contribution in [-0.2, 0) is 4.79 Å². The second-order valence-corrected chi connectivity index (χ2v) is 8.89. The standard InChI is InChI=1S/C23H26ClN3O3S/c1-4-26(5-2)10-11-27(23-25-21-15(3)12-16(24)13-20(21)31-23)22(28)19-14-29-17-8-6-7-9-18(17)30-19/h6-9,12-13,19H,4-5,10-11,14H2,1-3H3. The zero-order valence-electron chi connectivity index (χ0n) is 17.9. The fourth-order valence-corrected chi connectivity index (χ4v) is 5.11. The molecule has 0 aliphatic carbocycles. The lowest BCUT2D eigenvalue weighted by Gasteiger charge is -2.30. The Bertz CT molecular complexity index is 1080. The normalized spacial score (nSPS) is 15.5. The highest BCUT2D eigenvalue weighted by molar-refractivity contribution is 7.22. The molecule has 4 rings (SSSR count). The van der Waals surface area contributed by atoms with Crippen LogP contribution >= 0.6 is 22.9 Å². The second kappa shape index (κ2) is 9.42. The van der Waals surface area contributed by atoms with Gasteiger partial charge in [0, 0.05) is 18.1 Å². The van der Waals surface area contributed by atoms with Crippen LogP contribution in [0.4, 0.5) is 5.13 Å². The minimum atomic E-state index is -0.719. The molecule has 0 saturated heterocycles. The van der Waals surface area contributed by atoms with Gasteiger partial charge in [-0.1, -0.05) is 48.9 Å². The minimum Gasteiger partial charge on any atom is -0.485 e. The Kier molecular flexibility index (Phi) is 6.65. The Morgan fingerprint density at radius 3 is 2.68 bits per heavy atom. The molecular formula is C23H26ClN3O3S. The highest BCUT2D eigenvalue weighted by Crippen LogP contribution is 2.35. The molecule has 0 spiro atoms. The molecule has 1 unspecified atom stereocenters. The van der Waals surface area contributed by atoms with E-state index < -0.39 is 6.10 Å². The van der Waals surface area contributed by atoms with E-state index in [4.69, 9.17) is 26.1 Å². The number of halogens is 1. The first kappa shape index (κ1) is 21.9. The summed E-state index contributed by atoms with van der Waals surface area (Å²) in [5, 5.41) is 1.32. The first-order valence-corrected chi connectivity index (χ1v) is 11.7. The average Bonchev–Trinajstić information content (AvgIpc) is 3.20. The lowest BCUT2D eigenvalue weighted by atomic mass is 10.2. The molecule has 1 atom stereocenters. The molecular weight excluding hydrogens is 434 g/mol. The van der Waals surface area contributed by atoms with Gasteiger partial charge in [-0.25, -0.2) is 4.98 Å². The van der Waals surface area contributed by atoms with Crippen molar-refractivity contribution in [3.63, 3.8) is 0 Å². The predicted octanol–water partition coefficient (Wildman–Crippen LogP) is 4.77. The van der Waals surface area contributed by atoms with Crippen LogP contribution in [0.1, 0.15) is 19.4 Å². The zero-order valence-corrected chi connectivity index (χ0v) is 19.5. The first-order valence-electron chi connectivity index (χ1n) is 10.5. The van der Waals surface area contributed by atoms with E-state index in [2.05, 4.69) is 18.7 Å². The van der Waals surface area contributed by atoms with Crippen LogP contribution in [0.3, 0.4) is 0 Å². The summed E-state index contributed by atoms with van der Waals surface area (Å²) in [5.74, 6) is 1.10. The van der Waals surface area contributed by atoms with Gasteiger partial charge in [0.15, 0.2) is 16.6 Å². The van der Waals surface area contributed by atoms with E-state index in [0.29, 0.717) is 28.2 Å². The lowest BCUT2D eigenvalue weighted by Crippen LogP contribution is -2.48. The van der Waals surface area contributed by atoms with Gasteiger partial charge in [0.05, 0.1) is 10.2 Å². The van der Waals surface area contributed by atoms with Crippen LogP contribution in [0.25, 0.3) is 10.2 Å². The summed E-state index contributed by atoms with van der Waals surface area (Å²) in [4.78, 5) is 22.4. The van der Waals surface area contributed by atoms with Gasteiger partial charge in [-0.2, -0.15) is 0 Å². The SMILES string of the molecule is CCN(CC)CCN(C(=O)C1COc2ccccc2O1)c1nc2c(C)cc(Cl)cc2s1. The van der Waals surface area contributed by atoms with Gasteiger partial charge < -0.3 is 14.4 Å². The van der Waals surface area contributed by atoms with E-state index in [9.17, 15) is 4.79 Å². The molecule has 0 bridgehead atoms. The lowest BCUT2D eigenvalue weighted by molar-refractivity contribution is -0.127. The summed E-state index contributed by atoms with van der Waals surface area (Å²) >= 11 is 7.71. The highest BCUT2D eigenvalue weighted by Gasteiger charge is 2.33. The molecule has 2 aromatic carbocycles. The molecule has 2 heterocycles. The minimum absolute atomic E-state index is 0.149. The molecule has 1 aromatic heterocycles. The molecule has 0 saturated carbocycles. The van der Waals surface area contributed by atoms with Gasteiger partial charge >= 0.3 is 0 Å². The van der Waals surface area contributed by atoms with Crippen molar-refractivity contribution in [1.29, 1.82) is 0 Å². The number of likely N-dealkylation sites (N-methyl/N-ethyl adjacent to an activating group) is 1. The van der Waals surface area contributed by atoms with Crippen LogP contribution < -0.4 is 14.4 Å². The molecule has 1 aliphatic rings. The molecule has 1 aliphatic heterocycles. The van der Waals surface area contributed by atoms with Crippen LogP contribution in [0.2, 0.25) is 5.02 Å². The third-order valence-electron chi connectivity index (χ3n) is 5.45. The summed E-state index contributed by atoms with van der Waals surface area (Å²) in [5.41, 5.74) is 1.86. The summed E-state index contributed by atoms with van der Waals surface area (Å²) in [6, 6.07) is 11.2. The molecule has 3 aromatic rings. The van der Waals surface area contributed by atoms with E-state index in [-0.39, 0.29) is 12.5 Å². The molecule has 0 fully saturated rings. The number of ether oxygens (including phenoxy) is 2. The van der Waals surface area contributed by atoms with Crippen LogP contribution in [-0.4, -0.2) is 54.7 Å². The number of nitrogens with zero attached hydrogens (tertiary/aromatic N) is 3. The number of benzene rings is 2. The molecule has 164 valence electrons. The number of amides is 1. The first-order chi connectivity index (χ1) is 15.0. The van der Waals surface area contributed by atoms with Crippen molar-refractivity contribution >= 4 is 44.2 Å². The van der Waals surface area contributed by atoms with Gasteiger partial charge in [0.1, 0.15) is 6.61 Å². The Morgan fingerprint density at radius 2 is 1.94 bits per heavy atom. The van der Waals surface area contributed by atoms with E-state index >= 15 is 0 Å². The Morgan fingerprint density at radius 1 is 1.19 bits per heavy atom. The van der Waals surface area contributed by atoms with Crippen molar-refractivity contribution < 1.29 is 14.3 Å². The number of aromatic nitrogens is 1. The summed E-state index contributed by atoms with van der Waals surface area (Å²) in [6.07, 6.45) is -0.719. The third kappa shape index (κ3) is 4.63. The van der Waals surface area contributed by atoms with Gasteiger partial charge in [0.25, 0.3) is 5.91 Å². The number of thiazole rings is 1. The van der Waals surface area contributed by atoms with Crippen LogP contribution in [0.5, 0.6) is 11.5 Å². The van der Waals surface area contributed by atoms with Crippen molar-refractivity contribution in [3.05, 3.63) is 47.0 Å². The van der Waals surface area contributed by atoms with Crippen LogP contribution in [0, 0.1) is 6.92 Å². The maximum atomic E-state index is 13.6. The quantitative estimate of drug-likeness (QED) is 0.509. The highest BCUT2D eigenvalue weighted by atomic mass is 35.5. The zero-order chi connectivity index (χ0) is 22.0. The summed E-state index contributed by atoms with van der Waals surface area (Å²) < 4.78 is 12.8. The molecule has 1 amide bonds. The number of carbonyl (C=O) groups is 1. The number of hydrogen-bond acceptors (Lipinski definition) is 6. The topological polar surface area (TPSA) is 54.9 Å². The number of para-hydroxylation sites is 2. The summed E-state index contributed by atoms with van der Waals surface area (Å²) in [7, 11) is 0. The van der Waals surface area contributed by atoms with Gasteiger partial charge in [-0.15, -0.1) is 0 Å². The predicted molar refractivity (Wildman–Crippen MR) is 126 cm³/mol. The Balaban J connectivity index is 1.64. The molecule has 8 heteroatoms. The smallest absolute Gasteiger partial charge is 0.273 e. The fourth-order valence-electron chi connectivity index (χ4n) is 3.65. The summed E-state index contributed by atoms with van der Waals surface area (Å²) in [6.45, 7) is 9.50. The van der Waals surface area contributed by atoms with Gasteiger partial charge in [-0.05, 0) is 49.8 Å². The Labute approximate surface area is 191 Å². The molecule has 6 nitrogen and oxygen atoms in total. The third-order valence-corrected chi connectivity index (χ3v) is 6.70. The average molecular weight is 460 g/mol. The van der Waals surface area contributed by atoms with Gasteiger partial charge in [0.2, 0.25) is 6.10 Å². The second-order valence-electron chi connectivity index (χ2n) is 7.45. The largest absolute Gasteiger partial charge is 0.485 e. The molecule has 0 N–H and O–H groups in total. The maximum absolute atomic E-state index is 13.6. The monoisotopic (exact) mass is 459 g/mol. The number of hydrogen-bond donors (Lipinski definition) is 0. The maximum Gasteiger partial charge on any atom is 0.273 e. The fraction of sp³-hybridized carbons (Fsp3) is 0.391. The number of fused-ring (bicyclic) bond motifs is 2. The Hall–Kier alpha value is -2.35. The van der Waals surface area contributed by atoms with E-state index in [1.807, 2.05) is 43.3 Å². The van der Waals surface area contributed by atoms with Gasteiger partial charge in [-0.3, -0.25) is 9.69 Å². The number of anilines is 1. The van der Waals surface area contributed by atoms with Crippen molar-refractivity contribution in [2.24, 2.45) is 0 Å². The number of rotatable bonds is 7. The van der Waals surface area contributed by atoms with Crippen LogP contribution in [0.15, 0.2) is 36.4 Å².